The van der Waals surface area contributed by atoms with Crippen molar-refractivity contribution in [1.82, 2.24) is 4.98 Å². The summed E-state index contributed by atoms with van der Waals surface area (Å²) < 4.78 is 12.7. The van der Waals surface area contributed by atoms with Crippen LogP contribution in [0.25, 0.3) is 16.8 Å². The minimum Gasteiger partial charge on any atom is -0.263 e. The molecule has 70 valence electrons. The van der Waals surface area contributed by atoms with Gasteiger partial charge in [0.2, 0.25) is 0 Å². The molecule has 2 rings (SSSR count). The Balaban J connectivity index is 2.71. The van der Waals surface area contributed by atoms with Crippen LogP contribution in [0.5, 0.6) is 0 Å². The van der Waals surface area contributed by atoms with Crippen molar-refractivity contribution in [2.45, 2.75) is 6.92 Å². The molecule has 0 saturated heterocycles. The van der Waals surface area contributed by atoms with Crippen LogP contribution in [0, 0.1) is 0 Å². The van der Waals surface area contributed by atoms with Crippen LogP contribution in [0.2, 0.25) is 0 Å². The Morgan fingerprint density at radius 2 is 2.07 bits per heavy atom. The summed E-state index contributed by atoms with van der Waals surface area (Å²) >= 11 is 0. The van der Waals surface area contributed by atoms with E-state index in [1.165, 1.54) is 13.0 Å². The van der Waals surface area contributed by atoms with E-state index in [-0.39, 0.29) is 5.83 Å². The van der Waals surface area contributed by atoms with Crippen LogP contribution < -0.4 is 0 Å². The number of pyridine rings is 1. The molecule has 14 heavy (non-hydrogen) atoms. The third kappa shape index (κ3) is 1.64. The van der Waals surface area contributed by atoms with Crippen molar-refractivity contribution in [2.75, 3.05) is 0 Å². The standard InChI is InChI=1S/C12H10FN/c1-9(13)6-11-8-14-7-10-4-2-3-5-12(10)11/h2-8H,1H3/b9-6-. The van der Waals surface area contributed by atoms with Gasteiger partial charge in [-0.25, -0.2) is 4.39 Å². The van der Waals surface area contributed by atoms with Crippen LogP contribution in [-0.2, 0) is 0 Å². The van der Waals surface area contributed by atoms with Gasteiger partial charge in [0.15, 0.2) is 0 Å². The molecule has 0 fully saturated rings. The smallest absolute Gasteiger partial charge is 0.0975 e. The first kappa shape index (κ1) is 8.88. The van der Waals surface area contributed by atoms with Gasteiger partial charge in [-0.3, -0.25) is 4.98 Å². The quantitative estimate of drug-likeness (QED) is 0.665. The van der Waals surface area contributed by atoms with Crippen LogP contribution in [0.3, 0.4) is 0 Å². The summed E-state index contributed by atoms with van der Waals surface area (Å²) in [5.74, 6) is -0.205. The molecular formula is C12H10FN. The third-order valence-electron chi connectivity index (χ3n) is 2.05. The molecule has 1 nitrogen and oxygen atoms in total. The van der Waals surface area contributed by atoms with Crippen LogP contribution in [0.4, 0.5) is 4.39 Å². The van der Waals surface area contributed by atoms with Crippen molar-refractivity contribution in [2.24, 2.45) is 0 Å². The first-order chi connectivity index (χ1) is 6.77. The maximum absolute atomic E-state index is 12.7. The number of allylic oxidation sites excluding steroid dienone is 1. The van der Waals surface area contributed by atoms with Gasteiger partial charge in [0, 0.05) is 23.3 Å². The highest BCUT2D eigenvalue weighted by atomic mass is 19.1. The Hall–Kier alpha value is -1.70. The SMILES string of the molecule is C/C(F)=C/c1cncc2ccccc12. The van der Waals surface area contributed by atoms with Gasteiger partial charge in [0.1, 0.15) is 0 Å². The number of halogens is 1. The molecule has 2 heteroatoms. The molecule has 0 saturated carbocycles. The monoisotopic (exact) mass is 187 g/mol. The topological polar surface area (TPSA) is 12.9 Å². The molecule has 0 aliphatic carbocycles. The number of benzene rings is 1. The van der Waals surface area contributed by atoms with E-state index in [4.69, 9.17) is 0 Å². The molecule has 1 aromatic heterocycles. The van der Waals surface area contributed by atoms with Gasteiger partial charge in [-0.1, -0.05) is 24.3 Å². The van der Waals surface area contributed by atoms with Crippen LogP contribution >= 0.6 is 0 Å². The van der Waals surface area contributed by atoms with Gasteiger partial charge >= 0.3 is 0 Å². The molecule has 1 heterocycles. The molecule has 0 N–H and O–H groups in total. The van der Waals surface area contributed by atoms with E-state index in [1.807, 2.05) is 24.3 Å². The highest BCUT2D eigenvalue weighted by Crippen LogP contribution is 2.19. The van der Waals surface area contributed by atoms with Crippen LogP contribution in [0.1, 0.15) is 12.5 Å². The van der Waals surface area contributed by atoms with Gasteiger partial charge in [0.25, 0.3) is 0 Å². The zero-order chi connectivity index (χ0) is 9.97. The first-order valence-corrected chi connectivity index (χ1v) is 4.44. The fraction of sp³-hybridized carbons (Fsp3) is 0.0833. The lowest BCUT2D eigenvalue weighted by molar-refractivity contribution is 0.648. The zero-order valence-corrected chi connectivity index (χ0v) is 7.87. The summed E-state index contributed by atoms with van der Waals surface area (Å²) in [5.41, 5.74) is 0.822. The Kier molecular flexibility index (Phi) is 2.27. The van der Waals surface area contributed by atoms with Crippen LogP contribution in [0.15, 0.2) is 42.5 Å². The summed E-state index contributed by atoms with van der Waals surface area (Å²) in [6, 6.07) is 7.81. The number of aromatic nitrogens is 1. The fourth-order valence-corrected chi connectivity index (χ4v) is 1.47. The molecule has 0 aliphatic heterocycles. The van der Waals surface area contributed by atoms with Crippen LogP contribution in [-0.4, -0.2) is 4.98 Å². The normalized spacial score (nSPS) is 12.0. The summed E-state index contributed by atoms with van der Waals surface area (Å²) in [4.78, 5) is 4.05. The van der Waals surface area contributed by atoms with E-state index in [1.54, 1.807) is 12.4 Å². The molecule has 1 aromatic carbocycles. The van der Waals surface area contributed by atoms with Gasteiger partial charge in [0.05, 0.1) is 5.83 Å². The number of nitrogens with zero attached hydrogens (tertiary/aromatic N) is 1. The number of hydrogen-bond donors (Lipinski definition) is 0. The van der Waals surface area contributed by atoms with Crippen molar-refractivity contribution >= 4 is 16.8 Å². The molecule has 0 atom stereocenters. The highest BCUT2D eigenvalue weighted by Gasteiger charge is 1.98. The van der Waals surface area contributed by atoms with E-state index in [9.17, 15) is 4.39 Å². The van der Waals surface area contributed by atoms with E-state index < -0.39 is 0 Å². The zero-order valence-electron chi connectivity index (χ0n) is 7.87. The summed E-state index contributed by atoms with van der Waals surface area (Å²) in [6.07, 6.45) is 4.95. The molecule has 2 aromatic rings. The summed E-state index contributed by atoms with van der Waals surface area (Å²) in [7, 11) is 0. The average Bonchev–Trinajstić information content (AvgIpc) is 2.18. The Morgan fingerprint density at radius 3 is 2.86 bits per heavy atom. The molecule has 0 bridgehead atoms. The summed E-state index contributed by atoms with van der Waals surface area (Å²) in [5, 5.41) is 2.06. The van der Waals surface area contributed by atoms with Crippen molar-refractivity contribution in [1.29, 1.82) is 0 Å². The second-order valence-electron chi connectivity index (χ2n) is 3.18. The fourth-order valence-electron chi connectivity index (χ4n) is 1.47. The van der Waals surface area contributed by atoms with E-state index in [2.05, 4.69) is 4.98 Å². The van der Waals surface area contributed by atoms with E-state index in [0.29, 0.717) is 0 Å². The van der Waals surface area contributed by atoms with E-state index in [0.717, 1.165) is 16.3 Å². The van der Waals surface area contributed by atoms with Gasteiger partial charge in [-0.15, -0.1) is 0 Å². The van der Waals surface area contributed by atoms with Gasteiger partial charge < -0.3 is 0 Å². The van der Waals surface area contributed by atoms with E-state index >= 15 is 0 Å². The number of rotatable bonds is 1. The maximum Gasteiger partial charge on any atom is 0.0975 e. The van der Waals surface area contributed by atoms with Crippen molar-refractivity contribution in [3.05, 3.63) is 48.0 Å². The predicted octanol–water partition coefficient (Wildman–Crippen LogP) is 3.57. The molecular weight excluding hydrogens is 177 g/mol. The van der Waals surface area contributed by atoms with Gasteiger partial charge in [-0.2, -0.15) is 0 Å². The minimum absolute atomic E-state index is 0.205. The molecule has 0 unspecified atom stereocenters. The lowest BCUT2D eigenvalue weighted by Crippen LogP contribution is -1.81. The van der Waals surface area contributed by atoms with Crippen molar-refractivity contribution < 1.29 is 4.39 Å². The Bertz CT molecular complexity index is 479. The molecule has 0 spiro atoms. The van der Waals surface area contributed by atoms with Crippen molar-refractivity contribution in [3.63, 3.8) is 0 Å². The maximum atomic E-state index is 12.7. The Labute approximate surface area is 81.9 Å². The minimum atomic E-state index is -0.205. The highest BCUT2D eigenvalue weighted by molar-refractivity contribution is 5.89. The predicted molar refractivity (Wildman–Crippen MR) is 56.5 cm³/mol. The molecule has 0 radical (unpaired) electrons. The third-order valence-corrected chi connectivity index (χ3v) is 2.05. The lowest BCUT2D eigenvalue weighted by Gasteiger charge is -2.00. The second-order valence-corrected chi connectivity index (χ2v) is 3.18. The Morgan fingerprint density at radius 1 is 1.29 bits per heavy atom. The second kappa shape index (κ2) is 3.58. The van der Waals surface area contributed by atoms with Crippen molar-refractivity contribution in [3.8, 4) is 0 Å². The lowest BCUT2D eigenvalue weighted by atomic mass is 10.1. The first-order valence-electron chi connectivity index (χ1n) is 4.44. The van der Waals surface area contributed by atoms with Gasteiger partial charge in [-0.05, 0) is 18.4 Å². The molecule has 0 amide bonds. The average molecular weight is 187 g/mol. The number of hydrogen-bond acceptors (Lipinski definition) is 1. The largest absolute Gasteiger partial charge is 0.263 e. The number of fused-ring (bicyclic) bond motifs is 1. The summed E-state index contributed by atoms with van der Waals surface area (Å²) in [6.45, 7) is 1.43. The molecule has 0 aliphatic rings.